The van der Waals surface area contributed by atoms with Gasteiger partial charge in [-0.1, -0.05) is 26.7 Å². The summed E-state index contributed by atoms with van der Waals surface area (Å²) in [5.41, 5.74) is -0.730. The molecular weight excluding hydrogens is 218 g/mol. The van der Waals surface area contributed by atoms with Crippen LogP contribution in [0.3, 0.4) is 0 Å². The molecule has 1 atom stereocenters. The van der Waals surface area contributed by atoms with Crippen LogP contribution < -0.4 is 5.32 Å². The minimum Gasteiger partial charge on any atom is -0.480 e. The van der Waals surface area contributed by atoms with Gasteiger partial charge >= 0.3 is 5.97 Å². The van der Waals surface area contributed by atoms with Crippen LogP contribution in [0.2, 0.25) is 0 Å². The summed E-state index contributed by atoms with van der Waals surface area (Å²) in [5.74, 6) is -0.234. The van der Waals surface area contributed by atoms with Crippen molar-refractivity contribution in [2.75, 3.05) is 19.8 Å². The van der Waals surface area contributed by atoms with Gasteiger partial charge in [-0.05, 0) is 25.2 Å². The first-order chi connectivity index (χ1) is 8.14. The molecule has 1 saturated heterocycles. The molecule has 0 aromatic rings. The maximum atomic E-state index is 11.5. The Morgan fingerprint density at radius 2 is 2.06 bits per heavy atom. The van der Waals surface area contributed by atoms with Gasteiger partial charge in [-0.3, -0.25) is 4.79 Å². The molecule has 0 bridgehead atoms. The highest BCUT2D eigenvalue weighted by Crippen LogP contribution is 2.22. The van der Waals surface area contributed by atoms with Crippen molar-refractivity contribution in [3.63, 3.8) is 0 Å². The molecule has 1 heterocycles. The zero-order valence-electron chi connectivity index (χ0n) is 11.0. The maximum Gasteiger partial charge on any atom is 0.323 e. The van der Waals surface area contributed by atoms with Crippen LogP contribution in [0.15, 0.2) is 0 Å². The van der Waals surface area contributed by atoms with Crippen molar-refractivity contribution in [1.29, 1.82) is 0 Å². The summed E-state index contributed by atoms with van der Waals surface area (Å²) in [6.07, 6.45) is 4.22. The van der Waals surface area contributed by atoms with E-state index in [0.29, 0.717) is 18.8 Å². The molecule has 0 amide bonds. The molecule has 0 saturated carbocycles. The molecule has 0 aromatic heterocycles. The molecule has 0 spiro atoms. The average molecular weight is 243 g/mol. The second-order valence-corrected chi connectivity index (χ2v) is 5.00. The van der Waals surface area contributed by atoms with Gasteiger partial charge in [-0.15, -0.1) is 0 Å². The van der Waals surface area contributed by atoms with E-state index in [4.69, 9.17) is 4.74 Å². The fourth-order valence-corrected chi connectivity index (χ4v) is 2.53. The molecule has 0 radical (unpaired) electrons. The van der Waals surface area contributed by atoms with Crippen LogP contribution in [-0.2, 0) is 9.53 Å². The monoisotopic (exact) mass is 243 g/mol. The molecule has 1 rings (SSSR count). The van der Waals surface area contributed by atoms with Crippen LogP contribution in [-0.4, -0.2) is 36.4 Å². The smallest absolute Gasteiger partial charge is 0.323 e. The van der Waals surface area contributed by atoms with Gasteiger partial charge in [0.05, 0.1) is 6.61 Å². The van der Waals surface area contributed by atoms with E-state index in [1.165, 1.54) is 0 Å². The van der Waals surface area contributed by atoms with Crippen molar-refractivity contribution < 1.29 is 14.6 Å². The van der Waals surface area contributed by atoms with Gasteiger partial charge in [-0.25, -0.2) is 0 Å². The molecular formula is C13H25NO3. The second-order valence-electron chi connectivity index (χ2n) is 5.00. The first kappa shape index (κ1) is 14.5. The number of carboxylic acids is 1. The van der Waals surface area contributed by atoms with Gasteiger partial charge < -0.3 is 15.2 Å². The fourth-order valence-electron chi connectivity index (χ4n) is 2.53. The van der Waals surface area contributed by atoms with E-state index in [1.54, 1.807) is 0 Å². The summed E-state index contributed by atoms with van der Waals surface area (Å²) in [4.78, 5) is 11.5. The van der Waals surface area contributed by atoms with Crippen LogP contribution in [0.1, 0.15) is 46.0 Å². The normalized spacial score (nSPS) is 20.7. The largest absolute Gasteiger partial charge is 0.480 e. The summed E-state index contributed by atoms with van der Waals surface area (Å²) < 4.78 is 5.32. The Morgan fingerprint density at radius 1 is 1.41 bits per heavy atom. The van der Waals surface area contributed by atoms with Gasteiger partial charge in [0.2, 0.25) is 0 Å². The Labute approximate surface area is 104 Å². The molecule has 17 heavy (non-hydrogen) atoms. The van der Waals surface area contributed by atoms with Crippen LogP contribution in [0.25, 0.3) is 0 Å². The maximum absolute atomic E-state index is 11.5. The van der Waals surface area contributed by atoms with Crippen molar-refractivity contribution in [1.82, 2.24) is 5.32 Å². The lowest BCUT2D eigenvalue weighted by Crippen LogP contribution is -2.53. The van der Waals surface area contributed by atoms with E-state index in [9.17, 15) is 9.90 Å². The summed E-state index contributed by atoms with van der Waals surface area (Å²) in [5, 5.41) is 12.8. The third kappa shape index (κ3) is 3.96. The van der Waals surface area contributed by atoms with Crippen molar-refractivity contribution in [2.24, 2.45) is 5.92 Å². The number of hydrogen-bond donors (Lipinski definition) is 2. The van der Waals surface area contributed by atoms with E-state index in [1.807, 2.05) is 13.8 Å². The molecule has 0 aliphatic carbocycles. The lowest BCUT2D eigenvalue weighted by atomic mass is 9.88. The molecule has 1 fully saturated rings. The number of carbonyl (C=O) groups is 1. The Bertz CT molecular complexity index is 231. The fraction of sp³-hybridized carbons (Fsp3) is 0.923. The number of aliphatic carboxylic acids is 1. The van der Waals surface area contributed by atoms with E-state index >= 15 is 0 Å². The SMILES string of the molecule is CCCC(CCC)(NCC1CCOC1)C(=O)O. The molecule has 100 valence electrons. The Morgan fingerprint density at radius 3 is 2.47 bits per heavy atom. The summed E-state index contributed by atoms with van der Waals surface area (Å²) in [6, 6.07) is 0. The third-order valence-electron chi connectivity index (χ3n) is 3.52. The summed E-state index contributed by atoms with van der Waals surface area (Å²) in [6.45, 7) is 6.41. The number of carboxylic acid groups (broad SMARTS) is 1. The number of ether oxygens (including phenoxy) is 1. The Balaban J connectivity index is 2.56. The van der Waals surface area contributed by atoms with Gasteiger partial charge in [0.1, 0.15) is 5.54 Å². The molecule has 4 nitrogen and oxygen atoms in total. The minimum absolute atomic E-state index is 0.474. The highest BCUT2D eigenvalue weighted by molar-refractivity contribution is 5.78. The second kappa shape index (κ2) is 6.97. The van der Waals surface area contributed by atoms with Crippen LogP contribution in [0.4, 0.5) is 0 Å². The lowest BCUT2D eigenvalue weighted by molar-refractivity contribution is -0.145. The van der Waals surface area contributed by atoms with E-state index in [2.05, 4.69) is 5.32 Å². The predicted molar refractivity (Wildman–Crippen MR) is 67.1 cm³/mol. The Kier molecular flexibility index (Phi) is 5.92. The van der Waals surface area contributed by atoms with Crippen LogP contribution in [0.5, 0.6) is 0 Å². The molecule has 1 unspecified atom stereocenters. The van der Waals surface area contributed by atoms with Crippen LogP contribution >= 0.6 is 0 Å². The molecule has 1 aliphatic rings. The average Bonchev–Trinajstić information content (AvgIpc) is 2.79. The van der Waals surface area contributed by atoms with E-state index in [0.717, 1.165) is 39.0 Å². The van der Waals surface area contributed by atoms with Gasteiger partial charge in [-0.2, -0.15) is 0 Å². The number of rotatable bonds is 8. The topological polar surface area (TPSA) is 58.6 Å². The van der Waals surface area contributed by atoms with Gasteiger partial charge in [0.25, 0.3) is 0 Å². The molecule has 2 N–H and O–H groups in total. The summed E-state index contributed by atoms with van der Waals surface area (Å²) in [7, 11) is 0. The summed E-state index contributed by atoms with van der Waals surface area (Å²) >= 11 is 0. The molecule has 1 aliphatic heterocycles. The lowest BCUT2D eigenvalue weighted by Gasteiger charge is -2.31. The Hall–Kier alpha value is -0.610. The molecule has 4 heteroatoms. The number of nitrogens with one attached hydrogen (secondary N) is 1. The van der Waals surface area contributed by atoms with Crippen molar-refractivity contribution in [3.05, 3.63) is 0 Å². The van der Waals surface area contributed by atoms with Gasteiger partial charge in [0, 0.05) is 13.2 Å². The zero-order valence-corrected chi connectivity index (χ0v) is 11.0. The van der Waals surface area contributed by atoms with Crippen molar-refractivity contribution >= 4 is 5.97 Å². The highest BCUT2D eigenvalue weighted by atomic mass is 16.5. The predicted octanol–water partition coefficient (Wildman–Crippen LogP) is 2.04. The molecule has 0 aromatic carbocycles. The van der Waals surface area contributed by atoms with Crippen molar-refractivity contribution in [3.8, 4) is 0 Å². The van der Waals surface area contributed by atoms with E-state index in [-0.39, 0.29) is 0 Å². The third-order valence-corrected chi connectivity index (χ3v) is 3.52. The van der Waals surface area contributed by atoms with Crippen molar-refractivity contribution in [2.45, 2.75) is 51.5 Å². The standard InChI is InChI=1S/C13H25NO3/c1-3-6-13(7-4-2,12(15)16)14-9-11-5-8-17-10-11/h11,14H,3-10H2,1-2H3,(H,15,16). The van der Waals surface area contributed by atoms with Gasteiger partial charge in [0.15, 0.2) is 0 Å². The van der Waals surface area contributed by atoms with E-state index < -0.39 is 11.5 Å². The quantitative estimate of drug-likeness (QED) is 0.685. The number of hydrogen-bond acceptors (Lipinski definition) is 3. The first-order valence-corrected chi connectivity index (χ1v) is 6.70. The highest BCUT2D eigenvalue weighted by Gasteiger charge is 2.36. The van der Waals surface area contributed by atoms with Crippen LogP contribution in [0, 0.1) is 5.92 Å². The minimum atomic E-state index is -0.730. The first-order valence-electron chi connectivity index (χ1n) is 6.70. The zero-order chi connectivity index (χ0) is 12.7.